The van der Waals surface area contributed by atoms with E-state index in [2.05, 4.69) is 34.6 Å². The minimum absolute atomic E-state index is 0.189. The lowest BCUT2D eigenvalue weighted by Crippen LogP contribution is -2.41. The molecule has 0 radical (unpaired) electrons. The summed E-state index contributed by atoms with van der Waals surface area (Å²) in [6, 6.07) is 0. The Labute approximate surface area is 125 Å². The van der Waals surface area contributed by atoms with Crippen LogP contribution in [-0.2, 0) is 9.53 Å². The van der Waals surface area contributed by atoms with Gasteiger partial charge in [-0.25, -0.2) is 0 Å². The standard InChI is InChI=1S/C17H33NO2/c1-6-10-18(13-15-9-7-8-11-20-15)16(19)12-14(2)17(3,4)5/h14-15H,6-13H2,1-5H3. The summed E-state index contributed by atoms with van der Waals surface area (Å²) in [4.78, 5) is 14.6. The van der Waals surface area contributed by atoms with Crippen molar-refractivity contribution in [2.75, 3.05) is 19.7 Å². The van der Waals surface area contributed by atoms with Crippen LogP contribution < -0.4 is 0 Å². The molecule has 1 amide bonds. The second-order valence-electron chi connectivity index (χ2n) is 7.30. The minimum Gasteiger partial charge on any atom is -0.376 e. The topological polar surface area (TPSA) is 29.5 Å². The highest BCUT2D eigenvalue weighted by atomic mass is 16.5. The van der Waals surface area contributed by atoms with Gasteiger partial charge in [-0.3, -0.25) is 4.79 Å². The van der Waals surface area contributed by atoms with Crippen molar-refractivity contribution in [2.24, 2.45) is 11.3 Å². The van der Waals surface area contributed by atoms with Gasteiger partial charge in [-0.15, -0.1) is 0 Å². The Morgan fingerprint density at radius 1 is 1.35 bits per heavy atom. The quantitative estimate of drug-likeness (QED) is 0.740. The van der Waals surface area contributed by atoms with Gasteiger partial charge in [0.2, 0.25) is 5.91 Å². The molecule has 3 heteroatoms. The molecule has 0 aliphatic carbocycles. The van der Waals surface area contributed by atoms with Crippen LogP contribution in [0.1, 0.15) is 66.7 Å². The monoisotopic (exact) mass is 283 g/mol. The zero-order valence-corrected chi connectivity index (χ0v) is 14.1. The van der Waals surface area contributed by atoms with Gasteiger partial charge in [0.1, 0.15) is 0 Å². The highest BCUT2D eigenvalue weighted by molar-refractivity contribution is 5.76. The fraction of sp³-hybridized carbons (Fsp3) is 0.941. The summed E-state index contributed by atoms with van der Waals surface area (Å²) in [6.07, 6.45) is 5.42. The molecule has 0 aromatic carbocycles. The Bertz CT molecular complexity index is 290. The van der Waals surface area contributed by atoms with E-state index in [1.54, 1.807) is 0 Å². The van der Waals surface area contributed by atoms with E-state index in [-0.39, 0.29) is 11.5 Å². The molecule has 1 heterocycles. The molecule has 1 fully saturated rings. The summed E-state index contributed by atoms with van der Waals surface area (Å²) >= 11 is 0. The molecular formula is C17H33NO2. The van der Waals surface area contributed by atoms with Crippen LogP contribution >= 0.6 is 0 Å². The van der Waals surface area contributed by atoms with Crippen molar-refractivity contribution in [1.82, 2.24) is 4.90 Å². The number of rotatable bonds is 6. The Hall–Kier alpha value is -0.570. The normalized spacial score (nSPS) is 21.6. The van der Waals surface area contributed by atoms with Crippen LogP contribution in [0.4, 0.5) is 0 Å². The molecular weight excluding hydrogens is 250 g/mol. The molecule has 118 valence electrons. The van der Waals surface area contributed by atoms with E-state index in [0.717, 1.165) is 32.5 Å². The smallest absolute Gasteiger partial charge is 0.222 e. The van der Waals surface area contributed by atoms with E-state index >= 15 is 0 Å². The Morgan fingerprint density at radius 2 is 2.05 bits per heavy atom. The molecule has 1 rings (SSSR count). The van der Waals surface area contributed by atoms with Crippen molar-refractivity contribution >= 4 is 5.91 Å². The SMILES string of the molecule is CCCN(CC1CCCCO1)C(=O)CC(C)C(C)(C)C. The van der Waals surface area contributed by atoms with Crippen molar-refractivity contribution in [2.45, 2.75) is 72.8 Å². The summed E-state index contributed by atoms with van der Waals surface area (Å²) < 4.78 is 5.78. The number of carbonyl (C=O) groups excluding carboxylic acids is 1. The molecule has 0 aromatic rings. The van der Waals surface area contributed by atoms with Crippen molar-refractivity contribution in [3.05, 3.63) is 0 Å². The maximum absolute atomic E-state index is 12.5. The van der Waals surface area contributed by atoms with Gasteiger partial charge in [-0.2, -0.15) is 0 Å². The summed E-state index contributed by atoms with van der Waals surface area (Å²) in [5.41, 5.74) is 0.189. The largest absolute Gasteiger partial charge is 0.376 e. The first-order valence-corrected chi connectivity index (χ1v) is 8.24. The van der Waals surface area contributed by atoms with Crippen LogP contribution in [0.3, 0.4) is 0 Å². The molecule has 0 N–H and O–H groups in total. The predicted octanol–water partition coefficient (Wildman–Crippen LogP) is 3.87. The zero-order chi connectivity index (χ0) is 15.2. The maximum Gasteiger partial charge on any atom is 0.222 e. The number of amides is 1. The van der Waals surface area contributed by atoms with Crippen molar-refractivity contribution in [3.63, 3.8) is 0 Å². The summed E-state index contributed by atoms with van der Waals surface area (Å²) in [6.45, 7) is 13.4. The Kier molecular flexibility index (Phi) is 7.01. The van der Waals surface area contributed by atoms with Crippen LogP contribution in [0.15, 0.2) is 0 Å². The lowest BCUT2D eigenvalue weighted by atomic mass is 9.80. The number of ether oxygens (including phenoxy) is 1. The Balaban J connectivity index is 2.53. The molecule has 1 saturated heterocycles. The molecule has 0 spiro atoms. The molecule has 2 unspecified atom stereocenters. The van der Waals surface area contributed by atoms with Gasteiger partial charge in [0.05, 0.1) is 6.10 Å². The van der Waals surface area contributed by atoms with Gasteiger partial charge >= 0.3 is 0 Å². The van der Waals surface area contributed by atoms with Gasteiger partial charge in [-0.1, -0.05) is 34.6 Å². The second-order valence-corrected chi connectivity index (χ2v) is 7.30. The molecule has 1 aliphatic heterocycles. The average molecular weight is 283 g/mol. The fourth-order valence-corrected chi connectivity index (χ4v) is 2.48. The van der Waals surface area contributed by atoms with Crippen LogP contribution in [-0.4, -0.2) is 36.6 Å². The lowest BCUT2D eigenvalue weighted by Gasteiger charge is -2.32. The molecule has 0 saturated carbocycles. The number of hydrogen-bond donors (Lipinski definition) is 0. The average Bonchev–Trinajstić information content (AvgIpc) is 2.38. The number of nitrogens with zero attached hydrogens (tertiary/aromatic N) is 1. The number of hydrogen-bond acceptors (Lipinski definition) is 2. The zero-order valence-electron chi connectivity index (χ0n) is 14.1. The van der Waals surface area contributed by atoms with Crippen LogP contribution in [0, 0.1) is 11.3 Å². The van der Waals surface area contributed by atoms with Crippen LogP contribution in [0.5, 0.6) is 0 Å². The molecule has 0 aromatic heterocycles. The summed E-state index contributed by atoms with van der Waals surface area (Å²) in [5.74, 6) is 0.699. The first-order chi connectivity index (χ1) is 9.34. The van der Waals surface area contributed by atoms with E-state index in [9.17, 15) is 4.79 Å². The van der Waals surface area contributed by atoms with Crippen molar-refractivity contribution in [1.29, 1.82) is 0 Å². The van der Waals surface area contributed by atoms with E-state index in [1.165, 1.54) is 12.8 Å². The van der Waals surface area contributed by atoms with Crippen LogP contribution in [0.25, 0.3) is 0 Å². The van der Waals surface area contributed by atoms with E-state index in [4.69, 9.17) is 4.74 Å². The lowest BCUT2D eigenvalue weighted by molar-refractivity contribution is -0.135. The summed E-state index contributed by atoms with van der Waals surface area (Å²) in [5, 5.41) is 0. The van der Waals surface area contributed by atoms with Crippen molar-refractivity contribution in [3.8, 4) is 0 Å². The maximum atomic E-state index is 12.5. The van der Waals surface area contributed by atoms with Gasteiger partial charge in [0.15, 0.2) is 0 Å². The van der Waals surface area contributed by atoms with Crippen LogP contribution in [0.2, 0.25) is 0 Å². The van der Waals surface area contributed by atoms with Gasteiger partial charge in [0, 0.05) is 26.1 Å². The predicted molar refractivity (Wildman–Crippen MR) is 83.7 cm³/mol. The third-order valence-electron chi connectivity index (χ3n) is 4.50. The Morgan fingerprint density at radius 3 is 2.55 bits per heavy atom. The summed E-state index contributed by atoms with van der Waals surface area (Å²) in [7, 11) is 0. The van der Waals surface area contributed by atoms with E-state index in [1.807, 2.05) is 4.90 Å². The third-order valence-corrected chi connectivity index (χ3v) is 4.50. The second kappa shape index (κ2) is 8.02. The molecule has 3 nitrogen and oxygen atoms in total. The molecule has 0 bridgehead atoms. The van der Waals surface area contributed by atoms with Gasteiger partial charge < -0.3 is 9.64 Å². The van der Waals surface area contributed by atoms with E-state index < -0.39 is 0 Å². The molecule has 20 heavy (non-hydrogen) atoms. The fourth-order valence-electron chi connectivity index (χ4n) is 2.48. The number of carbonyl (C=O) groups is 1. The highest BCUT2D eigenvalue weighted by Crippen LogP contribution is 2.28. The third kappa shape index (κ3) is 5.82. The highest BCUT2D eigenvalue weighted by Gasteiger charge is 2.26. The van der Waals surface area contributed by atoms with Gasteiger partial charge in [-0.05, 0) is 37.0 Å². The minimum atomic E-state index is 0.189. The van der Waals surface area contributed by atoms with Gasteiger partial charge in [0.25, 0.3) is 0 Å². The van der Waals surface area contributed by atoms with Crippen molar-refractivity contribution < 1.29 is 9.53 Å². The van der Waals surface area contributed by atoms with E-state index in [0.29, 0.717) is 18.2 Å². The molecule has 1 aliphatic rings. The molecule has 2 atom stereocenters. The first-order valence-electron chi connectivity index (χ1n) is 8.24. The first kappa shape index (κ1) is 17.5.